The van der Waals surface area contributed by atoms with E-state index >= 15 is 0 Å². The van der Waals surface area contributed by atoms with Crippen molar-refractivity contribution in [2.24, 2.45) is 5.92 Å². The van der Waals surface area contributed by atoms with Crippen molar-refractivity contribution < 1.29 is 14.7 Å². The third-order valence-corrected chi connectivity index (χ3v) is 2.76. The van der Waals surface area contributed by atoms with E-state index in [2.05, 4.69) is 10.3 Å². The van der Waals surface area contributed by atoms with E-state index in [9.17, 15) is 9.59 Å². The predicted molar refractivity (Wildman–Crippen MR) is 70.8 cm³/mol. The number of rotatable bonds is 6. The summed E-state index contributed by atoms with van der Waals surface area (Å²) >= 11 is 0. The van der Waals surface area contributed by atoms with Crippen molar-refractivity contribution in [2.45, 2.75) is 13.3 Å². The van der Waals surface area contributed by atoms with Gasteiger partial charge in [0.15, 0.2) is 0 Å². The van der Waals surface area contributed by atoms with Crippen LogP contribution in [0.5, 0.6) is 0 Å². The smallest absolute Gasteiger partial charge is 0.317 e. The number of nitrogens with one attached hydrogen (secondary N) is 1. The second-order valence-electron chi connectivity index (χ2n) is 4.42. The Labute approximate surface area is 112 Å². The normalized spacial score (nSPS) is 11.7. The first-order valence-electron chi connectivity index (χ1n) is 6.12. The molecule has 6 nitrogen and oxygen atoms in total. The van der Waals surface area contributed by atoms with Crippen molar-refractivity contribution >= 4 is 12.0 Å². The molecule has 0 fully saturated rings. The van der Waals surface area contributed by atoms with E-state index in [-0.39, 0.29) is 12.6 Å². The Morgan fingerprint density at radius 3 is 2.79 bits per heavy atom. The van der Waals surface area contributed by atoms with Gasteiger partial charge in [-0.2, -0.15) is 0 Å². The summed E-state index contributed by atoms with van der Waals surface area (Å²) in [7, 11) is 1.67. The van der Waals surface area contributed by atoms with E-state index in [1.807, 2.05) is 18.2 Å². The number of urea groups is 1. The first-order chi connectivity index (χ1) is 9.00. The van der Waals surface area contributed by atoms with Gasteiger partial charge in [-0.05, 0) is 12.1 Å². The number of carboxylic acid groups (broad SMARTS) is 1. The molecule has 2 amide bonds. The Bertz CT molecular complexity index is 422. The number of carboxylic acids is 1. The minimum atomic E-state index is -0.920. The number of aliphatic carboxylic acids is 1. The lowest BCUT2D eigenvalue weighted by atomic mass is 10.2. The molecule has 1 atom stereocenters. The van der Waals surface area contributed by atoms with Gasteiger partial charge in [0.2, 0.25) is 0 Å². The summed E-state index contributed by atoms with van der Waals surface area (Å²) in [5, 5.41) is 11.3. The summed E-state index contributed by atoms with van der Waals surface area (Å²) in [4.78, 5) is 28.0. The van der Waals surface area contributed by atoms with E-state index in [1.165, 1.54) is 4.90 Å². The average Bonchev–Trinajstić information content (AvgIpc) is 2.42. The van der Waals surface area contributed by atoms with Crippen LogP contribution in [0.3, 0.4) is 0 Å². The summed E-state index contributed by atoms with van der Waals surface area (Å²) < 4.78 is 0. The molecule has 6 heteroatoms. The van der Waals surface area contributed by atoms with Crippen LogP contribution in [-0.4, -0.2) is 47.1 Å². The van der Waals surface area contributed by atoms with Gasteiger partial charge in [0.1, 0.15) is 0 Å². The van der Waals surface area contributed by atoms with Gasteiger partial charge < -0.3 is 15.3 Å². The van der Waals surface area contributed by atoms with E-state index < -0.39 is 11.9 Å². The number of pyridine rings is 1. The zero-order valence-electron chi connectivity index (χ0n) is 11.2. The SMILES string of the molecule is CC(CNC(=O)N(C)CCc1ccccn1)C(=O)O. The summed E-state index contributed by atoms with van der Waals surface area (Å²) in [5.74, 6) is -1.51. The molecular weight excluding hydrogens is 246 g/mol. The van der Waals surface area contributed by atoms with Crippen LogP contribution < -0.4 is 5.32 Å². The van der Waals surface area contributed by atoms with E-state index in [0.717, 1.165) is 5.69 Å². The van der Waals surface area contributed by atoms with Crippen molar-refractivity contribution in [3.8, 4) is 0 Å². The Morgan fingerprint density at radius 1 is 1.47 bits per heavy atom. The van der Waals surface area contributed by atoms with Gasteiger partial charge in [0.05, 0.1) is 5.92 Å². The zero-order chi connectivity index (χ0) is 14.3. The minimum Gasteiger partial charge on any atom is -0.481 e. The highest BCUT2D eigenvalue weighted by molar-refractivity contribution is 5.75. The molecule has 19 heavy (non-hydrogen) atoms. The Balaban J connectivity index is 2.31. The fourth-order valence-corrected chi connectivity index (χ4v) is 1.39. The summed E-state index contributed by atoms with van der Waals surface area (Å²) in [6.07, 6.45) is 2.38. The molecule has 0 aliphatic heterocycles. The molecule has 0 aliphatic rings. The Morgan fingerprint density at radius 2 is 2.21 bits per heavy atom. The van der Waals surface area contributed by atoms with Gasteiger partial charge in [0.25, 0.3) is 0 Å². The molecule has 0 bridgehead atoms. The topological polar surface area (TPSA) is 82.5 Å². The summed E-state index contributed by atoms with van der Waals surface area (Å²) in [6, 6.07) is 5.37. The molecule has 104 valence electrons. The molecule has 0 saturated carbocycles. The van der Waals surface area contributed by atoms with E-state index in [0.29, 0.717) is 13.0 Å². The number of carbonyl (C=O) groups is 2. The van der Waals surface area contributed by atoms with Crippen LogP contribution in [0.25, 0.3) is 0 Å². The number of hydrogen-bond acceptors (Lipinski definition) is 3. The Kier molecular flexibility index (Phi) is 5.78. The van der Waals surface area contributed by atoms with Gasteiger partial charge in [-0.1, -0.05) is 13.0 Å². The molecule has 0 aliphatic carbocycles. The lowest BCUT2D eigenvalue weighted by Crippen LogP contribution is -2.41. The lowest BCUT2D eigenvalue weighted by molar-refractivity contribution is -0.140. The van der Waals surface area contributed by atoms with Crippen LogP contribution in [0.4, 0.5) is 4.79 Å². The van der Waals surface area contributed by atoms with Crippen molar-refractivity contribution in [1.29, 1.82) is 0 Å². The number of aromatic nitrogens is 1. The number of hydrogen-bond donors (Lipinski definition) is 2. The number of nitrogens with zero attached hydrogens (tertiary/aromatic N) is 2. The van der Waals surface area contributed by atoms with Gasteiger partial charge >= 0.3 is 12.0 Å². The first-order valence-corrected chi connectivity index (χ1v) is 6.12. The quantitative estimate of drug-likeness (QED) is 0.803. The highest BCUT2D eigenvalue weighted by atomic mass is 16.4. The summed E-state index contributed by atoms with van der Waals surface area (Å²) in [5.41, 5.74) is 0.918. The zero-order valence-corrected chi connectivity index (χ0v) is 11.2. The van der Waals surface area contributed by atoms with Gasteiger partial charge in [-0.15, -0.1) is 0 Å². The van der Waals surface area contributed by atoms with Crippen molar-refractivity contribution in [2.75, 3.05) is 20.1 Å². The number of amides is 2. The molecule has 1 aromatic rings. The van der Waals surface area contributed by atoms with Crippen LogP contribution in [-0.2, 0) is 11.2 Å². The van der Waals surface area contributed by atoms with Gasteiger partial charge in [-0.3, -0.25) is 9.78 Å². The van der Waals surface area contributed by atoms with Crippen LogP contribution in [0.2, 0.25) is 0 Å². The highest BCUT2D eigenvalue weighted by Crippen LogP contribution is 1.97. The maximum absolute atomic E-state index is 11.7. The largest absolute Gasteiger partial charge is 0.481 e. The molecular formula is C13H19N3O3. The monoisotopic (exact) mass is 265 g/mol. The van der Waals surface area contributed by atoms with Crippen molar-refractivity contribution in [3.63, 3.8) is 0 Å². The highest BCUT2D eigenvalue weighted by Gasteiger charge is 2.14. The molecule has 1 aromatic heterocycles. The Hall–Kier alpha value is -2.11. The van der Waals surface area contributed by atoms with Gasteiger partial charge in [0, 0.05) is 38.4 Å². The third-order valence-electron chi connectivity index (χ3n) is 2.76. The lowest BCUT2D eigenvalue weighted by Gasteiger charge is -2.18. The predicted octanol–water partition coefficient (Wildman–Crippen LogP) is 0.986. The van der Waals surface area contributed by atoms with E-state index in [4.69, 9.17) is 5.11 Å². The van der Waals surface area contributed by atoms with Crippen LogP contribution in [0.1, 0.15) is 12.6 Å². The van der Waals surface area contributed by atoms with Crippen LogP contribution >= 0.6 is 0 Å². The molecule has 0 spiro atoms. The van der Waals surface area contributed by atoms with Gasteiger partial charge in [-0.25, -0.2) is 4.79 Å². The summed E-state index contributed by atoms with van der Waals surface area (Å²) in [6.45, 7) is 2.21. The standard InChI is InChI=1S/C13H19N3O3/c1-10(12(17)18)9-15-13(19)16(2)8-6-11-5-3-4-7-14-11/h3-5,7,10H,6,8-9H2,1-2H3,(H,15,19)(H,17,18). The molecule has 1 heterocycles. The second-order valence-corrected chi connectivity index (χ2v) is 4.42. The number of likely N-dealkylation sites (N-methyl/N-ethyl adjacent to an activating group) is 1. The second kappa shape index (κ2) is 7.35. The van der Waals surface area contributed by atoms with E-state index in [1.54, 1.807) is 20.2 Å². The minimum absolute atomic E-state index is 0.127. The first kappa shape index (κ1) is 14.9. The van der Waals surface area contributed by atoms with Crippen molar-refractivity contribution in [1.82, 2.24) is 15.2 Å². The maximum atomic E-state index is 11.7. The molecule has 0 saturated heterocycles. The third kappa shape index (κ3) is 5.37. The fraction of sp³-hybridized carbons (Fsp3) is 0.462. The molecule has 0 aromatic carbocycles. The fourth-order valence-electron chi connectivity index (χ4n) is 1.39. The number of carbonyl (C=O) groups excluding carboxylic acids is 1. The maximum Gasteiger partial charge on any atom is 0.317 e. The van der Waals surface area contributed by atoms with Crippen LogP contribution in [0.15, 0.2) is 24.4 Å². The molecule has 1 unspecified atom stereocenters. The molecule has 2 N–H and O–H groups in total. The molecule has 0 radical (unpaired) electrons. The molecule has 1 rings (SSSR count). The van der Waals surface area contributed by atoms with Crippen LogP contribution in [0, 0.1) is 5.92 Å². The average molecular weight is 265 g/mol. The van der Waals surface area contributed by atoms with Crippen molar-refractivity contribution in [3.05, 3.63) is 30.1 Å².